The second kappa shape index (κ2) is 22.8. The average molecular weight is 768 g/mol. The summed E-state index contributed by atoms with van der Waals surface area (Å²) < 4.78 is 11.8. The van der Waals surface area contributed by atoms with Gasteiger partial charge in [0.05, 0.1) is 42.7 Å². The smallest absolute Gasteiger partial charge is 0.326 e. The number of ether oxygens (including phenoxy) is 2. The predicted molar refractivity (Wildman–Crippen MR) is 208 cm³/mol. The first kappa shape index (κ1) is 47.8. The molecule has 302 valence electrons. The number of aliphatic carboxylic acids is 1. The van der Waals surface area contributed by atoms with Crippen LogP contribution in [0.3, 0.4) is 0 Å². The molecule has 1 aromatic rings. The predicted octanol–water partition coefficient (Wildman–Crippen LogP) is 3.53. The number of carbonyl (C=O) groups excluding carboxylic acids is 4. The number of amides is 4. The Labute approximate surface area is 323 Å². The summed E-state index contributed by atoms with van der Waals surface area (Å²) in [6.45, 7) is 13.9. The number of likely N-dealkylation sites (tertiary alicyclic amines) is 1. The van der Waals surface area contributed by atoms with Crippen LogP contribution in [-0.2, 0) is 39.9 Å². The van der Waals surface area contributed by atoms with Crippen LogP contribution in [0.5, 0.6) is 0 Å². The number of hydrogen-bond donors (Lipinski definition) is 4. The van der Waals surface area contributed by atoms with Crippen LogP contribution >= 0.6 is 12.4 Å². The van der Waals surface area contributed by atoms with E-state index in [2.05, 4.69) is 16.0 Å². The van der Waals surface area contributed by atoms with Gasteiger partial charge in [-0.25, -0.2) is 4.79 Å². The van der Waals surface area contributed by atoms with E-state index in [9.17, 15) is 29.1 Å². The molecule has 13 nitrogen and oxygen atoms in total. The number of nitrogens with one attached hydrogen (secondary N) is 3. The van der Waals surface area contributed by atoms with Crippen LogP contribution in [0.2, 0.25) is 0 Å². The molecule has 2 rings (SSSR count). The molecule has 0 spiro atoms. The van der Waals surface area contributed by atoms with Gasteiger partial charge in [0.1, 0.15) is 12.1 Å². The Bertz CT molecular complexity index is 1320. The normalized spacial score (nSPS) is 18.9. The molecule has 4 N–H and O–H groups in total. The van der Waals surface area contributed by atoms with E-state index in [0.717, 1.165) is 12.0 Å². The number of halogens is 1. The largest absolute Gasteiger partial charge is 0.480 e. The van der Waals surface area contributed by atoms with E-state index in [0.29, 0.717) is 19.4 Å². The number of rotatable bonds is 21. The summed E-state index contributed by atoms with van der Waals surface area (Å²) >= 11 is 0. The molecule has 1 aliphatic heterocycles. The Kier molecular flexibility index (Phi) is 20.6. The zero-order valence-electron chi connectivity index (χ0n) is 33.6. The standard InChI is InChI=1S/C39H65N5O8.ClH/c1-12-25(6)34(43(9)38(48)33(24(4)5)42-37(47)32(40-8)23(2)3)30(51-10)22-31(45)44-20-16-19-29(44)35(52-11)26(7)36(46)41-28(39(49)50)21-27-17-14-13-15-18-27;/h13-15,17-18,23-26,28-30,32-35,40H,12,16,19-22H2,1-11H3,(H,41,46)(H,42,47)(H,49,50);1H/t25-,26+,28-,29-,30+,32-,33-,34-,35+;/m0./s1. The molecule has 0 unspecified atom stereocenters. The van der Waals surface area contributed by atoms with Crippen molar-refractivity contribution in [3.63, 3.8) is 0 Å². The highest BCUT2D eigenvalue weighted by atomic mass is 35.5. The van der Waals surface area contributed by atoms with E-state index < -0.39 is 60.2 Å². The van der Waals surface area contributed by atoms with Crippen LogP contribution in [0.4, 0.5) is 0 Å². The van der Waals surface area contributed by atoms with Gasteiger partial charge in [0.15, 0.2) is 0 Å². The molecule has 0 bridgehead atoms. The Morgan fingerprint density at radius 1 is 0.925 bits per heavy atom. The molecule has 0 saturated carbocycles. The molecule has 1 saturated heterocycles. The number of carboxylic acid groups (broad SMARTS) is 1. The van der Waals surface area contributed by atoms with Crippen LogP contribution in [0.25, 0.3) is 0 Å². The highest BCUT2D eigenvalue weighted by Crippen LogP contribution is 2.29. The number of likely N-dealkylation sites (N-methyl/N-ethyl adjacent to an activating group) is 2. The minimum Gasteiger partial charge on any atom is -0.480 e. The minimum absolute atomic E-state index is 0. The fourth-order valence-electron chi connectivity index (χ4n) is 7.40. The molecule has 53 heavy (non-hydrogen) atoms. The van der Waals surface area contributed by atoms with E-state index in [1.165, 1.54) is 14.2 Å². The maximum Gasteiger partial charge on any atom is 0.326 e. The van der Waals surface area contributed by atoms with Gasteiger partial charge < -0.3 is 40.3 Å². The monoisotopic (exact) mass is 767 g/mol. The number of nitrogens with zero attached hydrogens (tertiary/aromatic N) is 2. The Hall–Kier alpha value is -3.26. The highest BCUT2D eigenvalue weighted by molar-refractivity contribution is 5.90. The van der Waals surface area contributed by atoms with E-state index >= 15 is 0 Å². The summed E-state index contributed by atoms with van der Waals surface area (Å²) in [4.78, 5) is 70.3. The van der Waals surface area contributed by atoms with Gasteiger partial charge in [0, 0.05) is 34.2 Å². The van der Waals surface area contributed by atoms with Crippen molar-refractivity contribution in [2.75, 3.05) is 34.9 Å². The third-order valence-corrected chi connectivity index (χ3v) is 10.6. The molecule has 0 aromatic heterocycles. The lowest BCUT2D eigenvalue weighted by Crippen LogP contribution is -2.59. The van der Waals surface area contributed by atoms with E-state index in [1.807, 2.05) is 71.9 Å². The van der Waals surface area contributed by atoms with Crippen molar-refractivity contribution in [1.82, 2.24) is 25.8 Å². The van der Waals surface area contributed by atoms with Gasteiger partial charge in [-0.1, -0.05) is 85.2 Å². The van der Waals surface area contributed by atoms with Crippen LogP contribution in [0.1, 0.15) is 79.7 Å². The first-order valence-electron chi connectivity index (χ1n) is 18.7. The second-order valence-corrected chi connectivity index (χ2v) is 14.9. The van der Waals surface area contributed by atoms with Gasteiger partial charge in [0.2, 0.25) is 23.6 Å². The summed E-state index contributed by atoms with van der Waals surface area (Å²) in [6.07, 6.45) is 0.818. The first-order valence-corrected chi connectivity index (χ1v) is 18.7. The Morgan fingerprint density at radius 3 is 2.02 bits per heavy atom. The number of carbonyl (C=O) groups is 5. The molecule has 9 atom stereocenters. The number of carboxylic acids is 1. The van der Waals surface area contributed by atoms with E-state index in [1.54, 1.807) is 30.8 Å². The molecular formula is C39H66ClN5O8. The van der Waals surface area contributed by atoms with Crippen molar-refractivity contribution < 1.29 is 38.6 Å². The minimum atomic E-state index is -1.14. The highest BCUT2D eigenvalue weighted by Gasteiger charge is 2.43. The van der Waals surface area contributed by atoms with Gasteiger partial charge in [-0.2, -0.15) is 0 Å². The summed E-state index contributed by atoms with van der Waals surface area (Å²) in [6, 6.07) is 5.84. The Balaban J connectivity index is 0.0000140. The third-order valence-electron chi connectivity index (χ3n) is 10.6. The van der Waals surface area contributed by atoms with Gasteiger partial charge in [-0.05, 0) is 43.2 Å². The maximum atomic E-state index is 14.1. The van der Waals surface area contributed by atoms with E-state index in [4.69, 9.17) is 9.47 Å². The molecule has 0 aliphatic carbocycles. The van der Waals surface area contributed by atoms with E-state index in [-0.39, 0.29) is 60.7 Å². The van der Waals surface area contributed by atoms with Gasteiger partial charge in [0.25, 0.3) is 0 Å². The van der Waals surface area contributed by atoms with Gasteiger partial charge in [-0.3, -0.25) is 19.2 Å². The fraction of sp³-hybridized carbons (Fsp3) is 0.718. The van der Waals surface area contributed by atoms with Crippen molar-refractivity contribution >= 4 is 42.0 Å². The van der Waals surface area contributed by atoms with Crippen LogP contribution in [0, 0.1) is 23.7 Å². The van der Waals surface area contributed by atoms with Crippen LogP contribution in [0.15, 0.2) is 30.3 Å². The molecule has 4 amide bonds. The van der Waals surface area contributed by atoms with Crippen molar-refractivity contribution in [2.24, 2.45) is 23.7 Å². The molecule has 1 aliphatic rings. The molecule has 14 heteroatoms. The zero-order chi connectivity index (χ0) is 39.3. The summed E-state index contributed by atoms with van der Waals surface area (Å²) in [7, 11) is 6.46. The fourth-order valence-corrected chi connectivity index (χ4v) is 7.40. The lowest BCUT2D eigenvalue weighted by Gasteiger charge is -2.41. The first-order chi connectivity index (χ1) is 24.5. The SMILES string of the molecule is CC[C@H](C)[C@@H]([C@@H](CC(=O)N1CCC[C@H]1[C@H](OC)[C@@H](C)C(=O)N[C@@H](Cc1ccccc1)C(=O)O)OC)N(C)C(=O)[C@@H](NC(=O)[C@@H](NC)C(C)C)C(C)C.Cl. The molecule has 0 radical (unpaired) electrons. The number of hydrogen-bond acceptors (Lipinski definition) is 8. The zero-order valence-corrected chi connectivity index (χ0v) is 34.4. The molecule has 1 aromatic carbocycles. The molecular weight excluding hydrogens is 702 g/mol. The molecule has 1 fully saturated rings. The Morgan fingerprint density at radius 2 is 1.53 bits per heavy atom. The summed E-state index contributed by atoms with van der Waals surface area (Å²) in [5.41, 5.74) is 0.785. The topological polar surface area (TPSA) is 167 Å². The summed E-state index contributed by atoms with van der Waals surface area (Å²) in [5, 5.41) is 18.5. The van der Waals surface area contributed by atoms with Crippen LogP contribution in [-0.4, -0.2) is 122 Å². The van der Waals surface area contributed by atoms with Crippen molar-refractivity contribution in [1.29, 1.82) is 0 Å². The average Bonchev–Trinajstić information content (AvgIpc) is 3.59. The molecule has 1 heterocycles. The number of methoxy groups -OCH3 is 2. The van der Waals surface area contributed by atoms with Gasteiger partial charge in [-0.15, -0.1) is 12.4 Å². The lowest BCUT2D eigenvalue weighted by atomic mass is 9.89. The third kappa shape index (κ3) is 12.9. The summed E-state index contributed by atoms with van der Waals surface area (Å²) in [5.74, 6) is -3.27. The van der Waals surface area contributed by atoms with Crippen molar-refractivity contribution in [3.8, 4) is 0 Å². The number of benzene rings is 1. The van der Waals surface area contributed by atoms with Gasteiger partial charge >= 0.3 is 5.97 Å². The quantitative estimate of drug-likeness (QED) is 0.146. The lowest BCUT2D eigenvalue weighted by molar-refractivity contribution is -0.148. The van der Waals surface area contributed by atoms with Crippen LogP contribution < -0.4 is 16.0 Å². The van der Waals surface area contributed by atoms with Crippen molar-refractivity contribution in [2.45, 2.75) is 123 Å². The van der Waals surface area contributed by atoms with Crippen molar-refractivity contribution in [3.05, 3.63) is 35.9 Å². The maximum absolute atomic E-state index is 14.1. The second-order valence-electron chi connectivity index (χ2n) is 14.9.